The van der Waals surface area contributed by atoms with Crippen LogP contribution in [0.3, 0.4) is 0 Å². The molecule has 1 heterocycles. The van der Waals surface area contributed by atoms with Gasteiger partial charge in [0.05, 0.1) is 7.11 Å². The number of hydrogen-bond acceptors (Lipinski definition) is 4. The highest BCUT2D eigenvalue weighted by Gasteiger charge is 2.39. The number of benzene rings is 1. The molecule has 4 nitrogen and oxygen atoms in total. The van der Waals surface area contributed by atoms with Crippen molar-refractivity contribution in [3.05, 3.63) is 29.8 Å². The van der Waals surface area contributed by atoms with Crippen LogP contribution >= 0.6 is 0 Å². The fourth-order valence-electron chi connectivity index (χ4n) is 3.36. The summed E-state index contributed by atoms with van der Waals surface area (Å²) < 4.78 is 5.47. The van der Waals surface area contributed by atoms with E-state index >= 15 is 0 Å². The molecule has 0 amide bonds. The first kappa shape index (κ1) is 16.3. The van der Waals surface area contributed by atoms with Crippen LogP contribution in [0.1, 0.15) is 25.3 Å². The number of methoxy groups -OCH3 is 1. The molecule has 0 spiro atoms. The number of hydrogen-bond donors (Lipinski definition) is 1. The van der Waals surface area contributed by atoms with Gasteiger partial charge in [-0.15, -0.1) is 0 Å². The lowest BCUT2D eigenvalue weighted by molar-refractivity contribution is 0.0218. The summed E-state index contributed by atoms with van der Waals surface area (Å²) in [6.45, 7) is 4.98. The highest BCUT2D eigenvalue weighted by atomic mass is 16.5. The van der Waals surface area contributed by atoms with Gasteiger partial charge in [-0.2, -0.15) is 0 Å². The predicted octanol–water partition coefficient (Wildman–Crippen LogP) is 1.94. The molecule has 2 unspecified atom stereocenters. The molecule has 2 atom stereocenters. The zero-order valence-electron chi connectivity index (χ0n) is 13.8. The van der Waals surface area contributed by atoms with E-state index in [1.807, 2.05) is 12.1 Å². The summed E-state index contributed by atoms with van der Waals surface area (Å²) in [4.78, 5) is 4.85. The molecule has 1 aromatic rings. The number of likely N-dealkylation sites (N-methyl/N-ethyl adjacent to an activating group) is 1. The lowest BCUT2D eigenvalue weighted by Gasteiger charge is -2.49. The Labute approximate surface area is 128 Å². The van der Waals surface area contributed by atoms with Crippen LogP contribution in [0.2, 0.25) is 0 Å². The number of ether oxygens (including phenoxy) is 1. The molecule has 1 aliphatic heterocycles. The van der Waals surface area contributed by atoms with Gasteiger partial charge in [-0.3, -0.25) is 4.90 Å². The van der Waals surface area contributed by atoms with Gasteiger partial charge in [0.15, 0.2) is 0 Å². The highest BCUT2D eigenvalue weighted by Crippen LogP contribution is 2.32. The first-order valence-electron chi connectivity index (χ1n) is 7.76. The second-order valence-electron chi connectivity index (χ2n) is 6.38. The monoisotopic (exact) mass is 291 g/mol. The molecule has 0 aromatic heterocycles. The Balaban J connectivity index is 2.15. The number of piperidine rings is 1. The van der Waals surface area contributed by atoms with E-state index in [9.17, 15) is 0 Å². The van der Waals surface area contributed by atoms with Gasteiger partial charge in [0.1, 0.15) is 5.75 Å². The number of para-hydroxylation sites is 1. The molecule has 1 saturated heterocycles. The second kappa shape index (κ2) is 6.77. The first-order valence-corrected chi connectivity index (χ1v) is 7.76. The van der Waals surface area contributed by atoms with Gasteiger partial charge in [-0.05, 0) is 46.5 Å². The topological polar surface area (TPSA) is 41.7 Å². The first-order chi connectivity index (χ1) is 10.0. The van der Waals surface area contributed by atoms with E-state index < -0.39 is 0 Å². The molecular weight excluding hydrogens is 262 g/mol. The Hall–Kier alpha value is -1.10. The zero-order valence-corrected chi connectivity index (χ0v) is 13.8. The van der Waals surface area contributed by atoms with Crippen LogP contribution in [-0.2, 0) is 6.54 Å². The SMILES string of the molecule is COc1ccccc1CN(C)C1(CN)CCN(C)C(C)C1. The fraction of sp³-hybridized carbons (Fsp3) is 0.647. The number of rotatable bonds is 5. The number of likely N-dealkylation sites (tertiary alicyclic amines) is 1. The summed E-state index contributed by atoms with van der Waals surface area (Å²) in [7, 11) is 6.12. The fourth-order valence-corrected chi connectivity index (χ4v) is 3.36. The summed E-state index contributed by atoms with van der Waals surface area (Å²) in [5.74, 6) is 0.956. The van der Waals surface area contributed by atoms with Crippen molar-refractivity contribution in [3.8, 4) is 5.75 Å². The van der Waals surface area contributed by atoms with Gasteiger partial charge in [0.25, 0.3) is 0 Å². The van der Waals surface area contributed by atoms with E-state index in [0.29, 0.717) is 12.6 Å². The van der Waals surface area contributed by atoms with Crippen molar-refractivity contribution < 1.29 is 4.74 Å². The molecule has 1 aliphatic rings. The maximum atomic E-state index is 6.18. The summed E-state index contributed by atoms with van der Waals surface area (Å²) in [6, 6.07) is 8.81. The van der Waals surface area contributed by atoms with Gasteiger partial charge in [0, 0.05) is 30.2 Å². The Bertz CT molecular complexity index is 465. The molecule has 21 heavy (non-hydrogen) atoms. The Morgan fingerprint density at radius 1 is 1.43 bits per heavy atom. The molecule has 0 aliphatic carbocycles. The smallest absolute Gasteiger partial charge is 0.123 e. The van der Waals surface area contributed by atoms with Crippen molar-refractivity contribution in [2.75, 3.05) is 34.3 Å². The molecule has 2 rings (SSSR count). The van der Waals surface area contributed by atoms with Gasteiger partial charge in [-0.1, -0.05) is 18.2 Å². The summed E-state index contributed by atoms with van der Waals surface area (Å²) >= 11 is 0. The summed E-state index contributed by atoms with van der Waals surface area (Å²) in [5.41, 5.74) is 7.49. The highest BCUT2D eigenvalue weighted by molar-refractivity contribution is 5.33. The summed E-state index contributed by atoms with van der Waals surface area (Å²) in [6.07, 6.45) is 2.24. The van der Waals surface area contributed by atoms with Crippen molar-refractivity contribution in [3.63, 3.8) is 0 Å². The zero-order chi connectivity index (χ0) is 15.5. The maximum absolute atomic E-state index is 6.18. The van der Waals surface area contributed by atoms with Crippen molar-refractivity contribution in [1.29, 1.82) is 0 Å². The van der Waals surface area contributed by atoms with E-state index in [0.717, 1.165) is 31.7 Å². The molecule has 118 valence electrons. The molecule has 0 saturated carbocycles. The van der Waals surface area contributed by atoms with Gasteiger partial charge in [-0.25, -0.2) is 0 Å². The molecule has 1 aromatic carbocycles. The Kier molecular flexibility index (Phi) is 5.25. The molecule has 0 bridgehead atoms. The standard InChI is InChI=1S/C17H29N3O/c1-14-11-17(13-18,9-10-19(14)2)20(3)12-15-7-5-6-8-16(15)21-4/h5-8,14H,9-13,18H2,1-4H3. The lowest BCUT2D eigenvalue weighted by atomic mass is 9.82. The van der Waals surface area contributed by atoms with Crippen LogP contribution in [0.25, 0.3) is 0 Å². The normalized spacial score (nSPS) is 27.0. The van der Waals surface area contributed by atoms with Gasteiger partial charge < -0.3 is 15.4 Å². The van der Waals surface area contributed by atoms with Crippen LogP contribution in [0.5, 0.6) is 5.75 Å². The summed E-state index contributed by atoms with van der Waals surface area (Å²) in [5, 5.41) is 0. The molecular formula is C17H29N3O. The third kappa shape index (κ3) is 3.39. The Morgan fingerprint density at radius 2 is 2.14 bits per heavy atom. The second-order valence-corrected chi connectivity index (χ2v) is 6.38. The van der Waals surface area contributed by atoms with E-state index in [1.54, 1.807) is 7.11 Å². The molecule has 1 fully saturated rings. The number of nitrogens with zero attached hydrogens (tertiary/aromatic N) is 2. The van der Waals surface area contributed by atoms with Crippen LogP contribution in [0.4, 0.5) is 0 Å². The van der Waals surface area contributed by atoms with E-state index in [-0.39, 0.29) is 5.54 Å². The Morgan fingerprint density at radius 3 is 2.76 bits per heavy atom. The third-order valence-corrected chi connectivity index (χ3v) is 5.15. The maximum Gasteiger partial charge on any atom is 0.123 e. The van der Waals surface area contributed by atoms with E-state index in [4.69, 9.17) is 10.5 Å². The van der Waals surface area contributed by atoms with Gasteiger partial charge in [0.2, 0.25) is 0 Å². The van der Waals surface area contributed by atoms with Crippen LogP contribution in [0, 0.1) is 0 Å². The van der Waals surface area contributed by atoms with Crippen molar-refractivity contribution in [2.45, 2.75) is 37.9 Å². The molecule has 0 radical (unpaired) electrons. The average Bonchev–Trinajstić information content (AvgIpc) is 2.50. The predicted molar refractivity (Wildman–Crippen MR) is 87.6 cm³/mol. The molecule has 2 N–H and O–H groups in total. The quantitative estimate of drug-likeness (QED) is 0.900. The van der Waals surface area contributed by atoms with E-state index in [2.05, 4.69) is 43.0 Å². The van der Waals surface area contributed by atoms with E-state index in [1.165, 1.54) is 5.56 Å². The van der Waals surface area contributed by atoms with Crippen LogP contribution < -0.4 is 10.5 Å². The third-order valence-electron chi connectivity index (χ3n) is 5.15. The van der Waals surface area contributed by atoms with Gasteiger partial charge >= 0.3 is 0 Å². The van der Waals surface area contributed by atoms with Crippen molar-refractivity contribution in [2.24, 2.45) is 5.73 Å². The largest absolute Gasteiger partial charge is 0.496 e. The van der Waals surface area contributed by atoms with Crippen LogP contribution in [0.15, 0.2) is 24.3 Å². The van der Waals surface area contributed by atoms with Crippen molar-refractivity contribution >= 4 is 0 Å². The average molecular weight is 291 g/mol. The van der Waals surface area contributed by atoms with Crippen LogP contribution in [-0.4, -0.2) is 55.7 Å². The minimum Gasteiger partial charge on any atom is -0.496 e. The molecule has 4 heteroatoms. The van der Waals surface area contributed by atoms with Crippen molar-refractivity contribution in [1.82, 2.24) is 9.80 Å². The lowest BCUT2D eigenvalue weighted by Crippen LogP contribution is -2.59. The minimum absolute atomic E-state index is 0.0901. The minimum atomic E-state index is 0.0901. The number of nitrogens with two attached hydrogens (primary N) is 1.